The molecule has 0 unspecified atom stereocenters. The van der Waals surface area contributed by atoms with Crippen molar-refractivity contribution in [3.8, 4) is 5.75 Å². The molecule has 2 N–H and O–H groups in total. The fourth-order valence-electron chi connectivity index (χ4n) is 1.36. The molecular weight excluding hydrogens is 222 g/mol. The van der Waals surface area contributed by atoms with Gasteiger partial charge < -0.3 is 14.9 Å². The molecule has 0 bridgehead atoms. The number of aliphatic imine (C=N–C) groups is 1. The number of aliphatic hydroxyl groups excluding tert-OH is 1. The summed E-state index contributed by atoms with van der Waals surface area (Å²) in [4.78, 5) is 15.3. The summed E-state index contributed by atoms with van der Waals surface area (Å²) in [6.07, 6.45) is 1.42. The highest BCUT2D eigenvalue weighted by molar-refractivity contribution is 5.94. The Hall–Kier alpha value is -1.88. The SMILES string of the molecule is COC(=O)c1cc(C)c(O)c(/C=N/CCO)c1. The van der Waals surface area contributed by atoms with Crippen LogP contribution in [0.15, 0.2) is 17.1 Å². The molecule has 0 atom stereocenters. The number of carbonyl (C=O) groups is 1. The van der Waals surface area contributed by atoms with Crippen LogP contribution in [-0.4, -0.2) is 42.7 Å². The normalized spacial score (nSPS) is 10.8. The molecule has 5 nitrogen and oxygen atoms in total. The Bertz CT molecular complexity index is 440. The number of benzene rings is 1. The molecule has 1 aromatic rings. The molecule has 92 valence electrons. The summed E-state index contributed by atoms with van der Waals surface area (Å²) >= 11 is 0. The fraction of sp³-hybridized carbons (Fsp3) is 0.333. The Morgan fingerprint density at radius 1 is 1.53 bits per heavy atom. The van der Waals surface area contributed by atoms with E-state index in [1.54, 1.807) is 13.0 Å². The van der Waals surface area contributed by atoms with Crippen molar-refractivity contribution in [2.75, 3.05) is 20.3 Å². The van der Waals surface area contributed by atoms with Crippen LogP contribution in [0.4, 0.5) is 0 Å². The number of phenols is 1. The van der Waals surface area contributed by atoms with Gasteiger partial charge in [-0.05, 0) is 24.6 Å². The number of hydrogen-bond acceptors (Lipinski definition) is 5. The number of ether oxygens (including phenoxy) is 1. The molecule has 0 aliphatic carbocycles. The van der Waals surface area contributed by atoms with E-state index in [9.17, 15) is 9.90 Å². The van der Waals surface area contributed by atoms with Gasteiger partial charge in [-0.25, -0.2) is 4.79 Å². The Balaban J connectivity index is 3.11. The van der Waals surface area contributed by atoms with Gasteiger partial charge in [0.1, 0.15) is 5.75 Å². The molecule has 0 fully saturated rings. The van der Waals surface area contributed by atoms with E-state index in [4.69, 9.17) is 5.11 Å². The van der Waals surface area contributed by atoms with Crippen molar-refractivity contribution in [2.45, 2.75) is 6.92 Å². The van der Waals surface area contributed by atoms with E-state index < -0.39 is 5.97 Å². The summed E-state index contributed by atoms with van der Waals surface area (Å²) in [5, 5.41) is 18.4. The van der Waals surface area contributed by atoms with Crippen LogP contribution in [0.2, 0.25) is 0 Å². The van der Waals surface area contributed by atoms with Crippen molar-refractivity contribution in [1.29, 1.82) is 0 Å². The van der Waals surface area contributed by atoms with Crippen molar-refractivity contribution < 1.29 is 19.7 Å². The van der Waals surface area contributed by atoms with E-state index in [-0.39, 0.29) is 18.9 Å². The third-order valence-corrected chi connectivity index (χ3v) is 2.21. The van der Waals surface area contributed by atoms with Crippen LogP contribution in [0.1, 0.15) is 21.5 Å². The smallest absolute Gasteiger partial charge is 0.337 e. The summed E-state index contributed by atoms with van der Waals surface area (Å²) < 4.78 is 4.61. The number of aryl methyl sites for hydroxylation is 1. The van der Waals surface area contributed by atoms with E-state index in [1.807, 2.05) is 0 Å². The molecule has 0 saturated carbocycles. The number of phenolic OH excluding ortho intramolecular Hbond substituents is 1. The summed E-state index contributed by atoms with van der Waals surface area (Å²) in [5.41, 5.74) is 1.35. The number of hydrogen-bond donors (Lipinski definition) is 2. The molecule has 17 heavy (non-hydrogen) atoms. The summed E-state index contributed by atoms with van der Waals surface area (Å²) in [6.45, 7) is 1.87. The lowest BCUT2D eigenvalue weighted by molar-refractivity contribution is 0.0600. The standard InChI is InChI=1S/C12H15NO4/c1-8-5-9(12(16)17-2)6-10(11(8)15)7-13-3-4-14/h5-7,14-15H,3-4H2,1-2H3/b13-7+. The first-order valence-corrected chi connectivity index (χ1v) is 5.12. The van der Waals surface area contributed by atoms with Crippen LogP contribution < -0.4 is 0 Å². The zero-order valence-electron chi connectivity index (χ0n) is 9.80. The maximum Gasteiger partial charge on any atom is 0.337 e. The number of methoxy groups -OCH3 is 1. The van der Waals surface area contributed by atoms with Crippen molar-refractivity contribution in [1.82, 2.24) is 0 Å². The van der Waals surface area contributed by atoms with E-state index in [0.29, 0.717) is 16.7 Å². The Morgan fingerprint density at radius 2 is 2.24 bits per heavy atom. The van der Waals surface area contributed by atoms with Crippen LogP contribution >= 0.6 is 0 Å². The number of nitrogens with zero attached hydrogens (tertiary/aromatic N) is 1. The number of aromatic hydroxyl groups is 1. The van der Waals surface area contributed by atoms with E-state index in [2.05, 4.69) is 9.73 Å². The van der Waals surface area contributed by atoms with Gasteiger partial charge in [-0.1, -0.05) is 0 Å². The molecule has 0 saturated heterocycles. The number of aliphatic hydroxyl groups is 1. The number of carbonyl (C=O) groups excluding carboxylic acids is 1. The number of esters is 1. The van der Waals surface area contributed by atoms with Crippen LogP contribution in [0.25, 0.3) is 0 Å². The van der Waals surface area contributed by atoms with Gasteiger partial charge in [0.25, 0.3) is 0 Å². The largest absolute Gasteiger partial charge is 0.507 e. The van der Waals surface area contributed by atoms with Crippen LogP contribution in [0.3, 0.4) is 0 Å². The maximum absolute atomic E-state index is 11.4. The predicted octanol–water partition coefficient (Wildman–Crippen LogP) is 0.898. The molecule has 1 rings (SSSR count). The zero-order chi connectivity index (χ0) is 12.8. The first-order chi connectivity index (χ1) is 8.10. The molecule has 0 aromatic heterocycles. The van der Waals surface area contributed by atoms with Crippen LogP contribution in [0.5, 0.6) is 5.75 Å². The second-order valence-corrected chi connectivity index (χ2v) is 3.48. The highest BCUT2D eigenvalue weighted by Crippen LogP contribution is 2.22. The third-order valence-electron chi connectivity index (χ3n) is 2.21. The minimum Gasteiger partial charge on any atom is -0.507 e. The van der Waals surface area contributed by atoms with Gasteiger partial charge in [0.05, 0.1) is 25.8 Å². The molecular formula is C12H15NO4. The lowest BCUT2D eigenvalue weighted by atomic mass is 10.1. The molecule has 0 heterocycles. The van der Waals surface area contributed by atoms with Crippen LogP contribution in [0, 0.1) is 6.92 Å². The Labute approximate surface area is 99.4 Å². The molecule has 5 heteroatoms. The average molecular weight is 237 g/mol. The number of rotatable bonds is 4. The van der Waals surface area contributed by atoms with Gasteiger partial charge in [0, 0.05) is 11.8 Å². The highest BCUT2D eigenvalue weighted by atomic mass is 16.5. The summed E-state index contributed by atoms with van der Waals surface area (Å²) in [5.74, 6) is -0.399. The molecule has 0 aliphatic heterocycles. The minimum absolute atomic E-state index is 0.0626. The lowest BCUT2D eigenvalue weighted by Gasteiger charge is -2.06. The second-order valence-electron chi connectivity index (χ2n) is 3.48. The molecule has 0 radical (unpaired) electrons. The van der Waals surface area contributed by atoms with Crippen LogP contribution in [-0.2, 0) is 4.74 Å². The Kier molecular flexibility index (Phi) is 4.66. The van der Waals surface area contributed by atoms with Gasteiger partial charge in [-0.3, -0.25) is 4.99 Å². The monoisotopic (exact) mass is 237 g/mol. The van der Waals surface area contributed by atoms with Gasteiger partial charge >= 0.3 is 5.97 Å². The zero-order valence-corrected chi connectivity index (χ0v) is 9.80. The average Bonchev–Trinajstić information content (AvgIpc) is 2.33. The lowest BCUT2D eigenvalue weighted by Crippen LogP contribution is -2.03. The fourth-order valence-corrected chi connectivity index (χ4v) is 1.36. The maximum atomic E-state index is 11.4. The van der Waals surface area contributed by atoms with Crippen molar-refractivity contribution >= 4 is 12.2 Å². The molecule has 0 spiro atoms. The van der Waals surface area contributed by atoms with E-state index in [1.165, 1.54) is 19.4 Å². The van der Waals surface area contributed by atoms with E-state index in [0.717, 1.165) is 0 Å². The van der Waals surface area contributed by atoms with Crippen molar-refractivity contribution in [2.24, 2.45) is 4.99 Å². The minimum atomic E-state index is -0.468. The van der Waals surface area contributed by atoms with Crippen molar-refractivity contribution in [3.05, 3.63) is 28.8 Å². The second kappa shape index (κ2) is 6.00. The predicted molar refractivity (Wildman–Crippen MR) is 63.7 cm³/mol. The van der Waals surface area contributed by atoms with Gasteiger partial charge in [0.15, 0.2) is 0 Å². The van der Waals surface area contributed by atoms with Crippen molar-refractivity contribution in [3.63, 3.8) is 0 Å². The topological polar surface area (TPSA) is 79.1 Å². The van der Waals surface area contributed by atoms with Gasteiger partial charge in [0.2, 0.25) is 0 Å². The first kappa shape index (κ1) is 13.2. The van der Waals surface area contributed by atoms with Gasteiger partial charge in [-0.2, -0.15) is 0 Å². The molecule has 0 amide bonds. The Morgan fingerprint density at radius 3 is 2.82 bits per heavy atom. The summed E-state index contributed by atoms with van der Waals surface area (Å²) in [7, 11) is 1.30. The molecule has 1 aromatic carbocycles. The third kappa shape index (κ3) is 3.29. The van der Waals surface area contributed by atoms with Gasteiger partial charge in [-0.15, -0.1) is 0 Å². The quantitative estimate of drug-likeness (QED) is 0.602. The first-order valence-electron chi connectivity index (χ1n) is 5.12. The van der Waals surface area contributed by atoms with E-state index >= 15 is 0 Å². The summed E-state index contributed by atoms with van der Waals surface area (Å²) in [6, 6.07) is 3.04. The highest BCUT2D eigenvalue weighted by Gasteiger charge is 2.11. The molecule has 0 aliphatic rings.